The summed E-state index contributed by atoms with van der Waals surface area (Å²) in [7, 11) is 0. The van der Waals surface area contributed by atoms with E-state index in [-0.39, 0.29) is 155 Å². The number of unbranched alkanes of at least 4 members (excludes halogenated alkanes) is 1. The van der Waals surface area contributed by atoms with Gasteiger partial charge in [-0.15, -0.1) is 0 Å². The van der Waals surface area contributed by atoms with E-state index < -0.39 is 122 Å². The van der Waals surface area contributed by atoms with E-state index in [0.717, 1.165) is 5.56 Å². The fraction of sp³-hybridized carbons (Fsp3) is 0.561. The molecule has 0 aromatic heterocycles. The summed E-state index contributed by atoms with van der Waals surface area (Å²) >= 11 is 0. The summed E-state index contributed by atoms with van der Waals surface area (Å²) in [5.74, 6) is -10.8. The summed E-state index contributed by atoms with van der Waals surface area (Å²) < 4.78 is 21.3. The highest BCUT2D eigenvalue weighted by Gasteiger charge is 2.27. The Bertz CT molecular complexity index is 2620. The summed E-state index contributed by atoms with van der Waals surface area (Å²) in [6.45, 7) is 0.00622. The van der Waals surface area contributed by atoms with Crippen LogP contribution in [-0.2, 0) is 84.6 Å². The van der Waals surface area contributed by atoms with Crippen LogP contribution in [0, 0.1) is 5.92 Å². The Labute approximate surface area is 518 Å². The van der Waals surface area contributed by atoms with Crippen molar-refractivity contribution in [3.05, 3.63) is 65.7 Å². The van der Waals surface area contributed by atoms with Gasteiger partial charge in [-0.2, -0.15) is 0 Å². The first-order valence-corrected chi connectivity index (χ1v) is 28.9. The number of rotatable bonds is 43. The molecule has 1 fully saturated rings. The van der Waals surface area contributed by atoms with Gasteiger partial charge >= 0.3 is 41.8 Å². The van der Waals surface area contributed by atoms with E-state index >= 15 is 0 Å². The summed E-state index contributed by atoms with van der Waals surface area (Å²) in [5, 5.41) is 71.3. The van der Waals surface area contributed by atoms with Gasteiger partial charge in [0.2, 0.25) is 17.7 Å². The van der Waals surface area contributed by atoms with E-state index in [9.17, 15) is 87.9 Å². The Kier molecular flexibility index (Phi) is 35.9. The average molecular weight is 1280 g/mol. The fourth-order valence-corrected chi connectivity index (χ4v) is 8.89. The molecule has 0 bridgehead atoms. The van der Waals surface area contributed by atoms with Crippen molar-refractivity contribution in [2.45, 2.75) is 69.7 Å². The van der Waals surface area contributed by atoms with Crippen LogP contribution in [0.15, 0.2) is 54.6 Å². The second-order valence-corrected chi connectivity index (χ2v) is 20.8. The van der Waals surface area contributed by atoms with Gasteiger partial charge in [0, 0.05) is 91.1 Å². The van der Waals surface area contributed by atoms with Crippen LogP contribution in [0.3, 0.4) is 0 Å². The van der Waals surface area contributed by atoms with Crippen LogP contribution in [0.2, 0.25) is 0 Å². The van der Waals surface area contributed by atoms with Crippen molar-refractivity contribution in [3.8, 4) is 5.75 Å². The second kappa shape index (κ2) is 42.9. The number of aliphatic carboxylic acids is 6. The maximum absolute atomic E-state index is 13.4. The maximum atomic E-state index is 13.4. The molecule has 2 aromatic rings. The Morgan fingerprint density at radius 1 is 0.511 bits per heavy atom. The lowest BCUT2D eigenvalue weighted by Crippen LogP contribution is -2.50. The Morgan fingerprint density at radius 3 is 1.62 bits per heavy atom. The van der Waals surface area contributed by atoms with Crippen molar-refractivity contribution in [3.63, 3.8) is 0 Å². The molecule has 498 valence electrons. The molecule has 1 heterocycles. The van der Waals surface area contributed by atoms with Crippen LogP contribution in [0.4, 0.5) is 4.79 Å². The van der Waals surface area contributed by atoms with Gasteiger partial charge in [0.05, 0.1) is 58.5 Å². The standard InChI is InChI=1S/C57H82N10O23/c68-38-90-49(63-57(86)62-44(56(84)85)13-14-50(73)74)8-4-5-15-59-54(81)45(29-39-6-2-1-3-7-39)61-48(72)37-89-43-11-9-40(10-12-43)28-41(55(82)83)30-42(69)31-60-47(71)36-88-27-26-87-25-16-58-46(70)32-64-17-19-65(33-51(75)76)21-23-67(35-53(79)80)24-22-66(20-18-64)34-52(77)78/h1-3,6-7,9-12,38,41,44-45,49H,4-5,8,13-37H2,(H,58,70)(H,59,81)(H,60,71)(H,61,72)(H,73,74)(H,75,76)(H,77,78)(H,79,80)(H,82,83)(H,84,85)(H2,62,63,86)/t41-,44+,45+,49-/m1/s1. The van der Waals surface area contributed by atoms with Crippen LogP contribution in [0.25, 0.3) is 0 Å². The van der Waals surface area contributed by atoms with Gasteiger partial charge in [-0.1, -0.05) is 42.5 Å². The lowest BCUT2D eigenvalue weighted by molar-refractivity contribution is -0.144. The van der Waals surface area contributed by atoms with Crippen LogP contribution >= 0.6 is 0 Å². The lowest BCUT2D eigenvalue weighted by atomic mass is 9.94. The van der Waals surface area contributed by atoms with Crippen molar-refractivity contribution in [2.75, 3.05) is 131 Å². The summed E-state index contributed by atoms with van der Waals surface area (Å²) in [4.78, 5) is 164. The van der Waals surface area contributed by atoms with Crippen LogP contribution < -0.4 is 36.6 Å². The first-order chi connectivity index (χ1) is 43.0. The predicted octanol–water partition coefficient (Wildman–Crippen LogP) is -2.86. The monoisotopic (exact) mass is 1270 g/mol. The molecule has 0 aliphatic carbocycles. The van der Waals surface area contributed by atoms with Gasteiger partial charge < -0.3 is 81.5 Å². The number of carboxylic acids is 6. The number of hydrogen-bond donors (Lipinski definition) is 12. The molecule has 0 radical (unpaired) electrons. The maximum Gasteiger partial charge on any atom is 0.326 e. The van der Waals surface area contributed by atoms with Crippen molar-refractivity contribution < 1.29 is 112 Å². The minimum Gasteiger partial charge on any atom is -0.484 e. The first-order valence-electron chi connectivity index (χ1n) is 28.9. The molecule has 1 aliphatic heterocycles. The summed E-state index contributed by atoms with van der Waals surface area (Å²) in [5.41, 5.74) is 1.26. The Balaban J connectivity index is 1.36. The summed E-state index contributed by atoms with van der Waals surface area (Å²) in [6, 6.07) is 11.4. The first kappa shape index (κ1) is 75.4. The number of carbonyl (C=O) groups excluding carboxylic acids is 7. The molecule has 6 amide bonds. The van der Waals surface area contributed by atoms with Gasteiger partial charge in [0.1, 0.15) is 24.4 Å². The fourth-order valence-electron chi connectivity index (χ4n) is 8.89. The molecular weight excluding hydrogens is 1190 g/mol. The van der Waals surface area contributed by atoms with E-state index in [1.54, 1.807) is 62.1 Å². The zero-order chi connectivity index (χ0) is 66.2. The third-order valence-corrected chi connectivity index (χ3v) is 13.5. The molecule has 33 nitrogen and oxygen atoms in total. The summed E-state index contributed by atoms with van der Waals surface area (Å²) in [6.07, 6.45) is -1.76. The number of amides is 6. The van der Waals surface area contributed by atoms with E-state index in [2.05, 4.69) is 31.9 Å². The number of urea groups is 1. The molecule has 3 rings (SSSR count). The van der Waals surface area contributed by atoms with Gasteiger partial charge in [-0.25, -0.2) is 9.59 Å². The number of ketones is 1. The minimum absolute atomic E-state index is 0.0208. The smallest absolute Gasteiger partial charge is 0.326 e. The quantitative estimate of drug-likeness (QED) is 0.0180. The molecule has 12 N–H and O–H groups in total. The third kappa shape index (κ3) is 34.6. The van der Waals surface area contributed by atoms with Crippen LogP contribution in [0.1, 0.15) is 49.7 Å². The molecular formula is C57H82N10O23. The normalized spacial score (nSPS) is 14.9. The molecule has 0 unspecified atom stereocenters. The number of Topliss-reactive ketones (excluding diaryl/α,β-unsaturated/α-hetero) is 1. The van der Waals surface area contributed by atoms with Crippen molar-refractivity contribution >= 4 is 77.7 Å². The number of carbonyl (C=O) groups is 13. The van der Waals surface area contributed by atoms with E-state index in [1.807, 2.05) is 0 Å². The molecule has 33 heteroatoms. The van der Waals surface area contributed by atoms with E-state index in [0.29, 0.717) is 18.4 Å². The van der Waals surface area contributed by atoms with Crippen LogP contribution in [-0.4, -0.2) is 277 Å². The average Bonchev–Trinajstić information content (AvgIpc) is 3.25. The SMILES string of the molecule is O=CO[C@H](CCCCNC(=O)[C@H](Cc1ccccc1)NC(=O)COc1ccc(C[C@H](CC(=O)CNC(=O)COCCOCCNC(=O)CN2CCN(CC(=O)O)CCN(CC(=O)O)CCN(CC(=O)O)CC2)C(=O)O)cc1)NC(=O)N[C@@H](CCC(=O)O)C(=O)O. The van der Waals surface area contributed by atoms with E-state index in [1.165, 1.54) is 12.1 Å². The molecule has 4 atom stereocenters. The number of ether oxygens (including phenoxy) is 4. The topological polar surface area (TPSA) is 465 Å². The Hall–Kier alpha value is -8.89. The zero-order valence-corrected chi connectivity index (χ0v) is 49.8. The minimum atomic E-state index is -1.51. The van der Waals surface area contributed by atoms with Gasteiger partial charge in [-0.05, 0) is 48.9 Å². The second-order valence-electron chi connectivity index (χ2n) is 20.8. The van der Waals surface area contributed by atoms with Crippen molar-refractivity contribution in [2.24, 2.45) is 5.92 Å². The number of benzene rings is 2. The lowest BCUT2D eigenvalue weighted by Gasteiger charge is -2.32. The predicted molar refractivity (Wildman–Crippen MR) is 313 cm³/mol. The molecule has 2 aromatic carbocycles. The number of hydrogen-bond acceptors (Lipinski definition) is 21. The molecule has 0 spiro atoms. The molecule has 1 saturated heterocycles. The number of nitrogens with one attached hydrogen (secondary N) is 6. The third-order valence-electron chi connectivity index (χ3n) is 13.5. The highest BCUT2D eigenvalue weighted by molar-refractivity contribution is 5.90. The zero-order valence-electron chi connectivity index (χ0n) is 49.8. The Morgan fingerprint density at radius 2 is 1.08 bits per heavy atom. The van der Waals surface area contributed by atoms with Crippen molar-refractivity contribution in [1.82, 2.24) is 51.5 Å². The highest BCUT2D eigenvalue weighted by atomic mass is 16.5. The number of carboxylic acid groups (broad SMARTS) is 6. The largest absolute Gasteiger partial charge is 0.484 e. The number of nitrogens with zero attached hydrogens (tertiary/aromatic N) is 4. The molecule has 0 saturated carbocycles. The molecule has 1 aliphatic rings. The van der Waals surface area contributed by atoms with Gasteiger partial charge in [-0.3, -0.25) is 72.3 Å². The van der Waals surface area contributed by atoms with Gasteiger partial charge in [0.15, 0.2) is 18.6 Å². The van der Waals surface area contributed by atoms with Crippen molar-refractivity contribution in [1.29, 1.82) is 0 Å². The van der Waals surface area contributed by atoms with Gasteiger partial charge in [0.25, 0.3) is 12.4 Å². The van der Waals surface area contributed by atoms with Crippen LogP contribution in [0.5, 0.6) is 5.75 Å². The van der Waals surface area contributed by atoms with E-state index in [4.69, 9.17) is 24.1 Å². The highest BCUT2D eigenvalue weighted by Crippen LogP contribution is 2.18. The molecule has 90 heavy (non-hydrogen) atoms.